The number of piperidine rings is 1. The largest absolute Gasteiger partial charge is 0.395 e. The monoisotopic (exact) mass is 265 g/mol. The molecule has 0 radical (unpaired) electrons. The molecule has 3 heterocycles. The van der Waals surface area contributed by atoms with Gasteiger partial charge in [0, 0.05) is 31.1 Å². The summed E-state index contributed by atoms with van der Waals surface area (Å²) >= 11 is 0. The SMILES string of the molecule is CC(C)(CO)c1nc(N2CCCC3CNCC32)n[nH]1. The molecule has 2 saturated heterocycles. The Hall–Kier alpha value is -1.14. The van der Waals surface area contributed by atoms with Gasteiger partial charge in [0.1, 0.15) is 5.82 Å². The van der Waals surface area contributed by atoms with Crippen LogP contribution in [0.25, 0.3) is 0 Å². The van der Waals surface area contributed by atoms with Crippen LogP contribution in [0.3, 0.4) is 0 Å². The first-order valence-electron chi connectivity index (χ1n) is 7.13. The molecule has 1 aromatic heterocycles. The second kappa shape index (κ2) is 4.76. The van der Waals surface area contributed by atoms with E-state index in [-0.39, 0.29) is 12.0 Å². The van der Waals surface area contributed by atoms with Crippen LogP contribution >= 0.6 is 0 Å². The molecule has 106 valence electrons. The molecule has 0 bridgehead atoms. The number of nitrogens with one attached hydrogen (secondary N) is 2. The summed E-state index contributed by atoms with van der Waals surface area (Å²) in [5.74, 6) is 2.27. The van der Waals surface area contributed by atoms with Gasteiger partial charge < -0.3 is 15.3 Å². The first kappa shape index (κ1) is 12.9. The van der Waals surface area contributed by atoms with E-state index >= 15 is 0 Å². The predicted octanol–water partition coefficient (Wildman–Crippen LogP) is 0.263. The molecule has 6 nitrogen and oxygen atoms in total. The number of fused-ring (bicyclic) bond motifs is 1. The number of anilines is 1. The quantitative estimate of drug-likeness (QED) is 0.731. The maximum Gasteiger partial charge on any atom is 0.245 e. The van der Waals surface area contributed by atoms with Crippen molar-refractivity contribution in [2.24, 2.45) is 5.92 Å². The molecular weight excluding hydrogens is 242 g/mol. The molecule has 0 amide bonds. The van der Waals surface area contributed by atoms with E-state index in [4.69, 9.17) is 0 Å². The fourth-order valence-corrected chi connectivity index (χ4v) is 3.08. The zero-order chi connectivity index (χ0) is 13.5. The summed E-state index contributed by atoms with van der Waals surface area (Å²) in [5, 5.41) is 20.2. The fraction of sp³-hybridized carbons (Fsp3) is 0.846. The second-order valence-corrected chi connectivity index (χ2v) is 6.35. The van der Waals surface area contributed by atoms with Crippen LogP contribution in [0, 0.1) is 5.92 Å². The molecule has 2 fully saturated rings. The smallest absolute Gasteiger partial charge is 0.245 e. The lowest BCUT2D eigenvalue weighted by Crippen LogP contribution is -2.45. The molecule has 3 rings (SSSR count). The maximum atomic E-state index is 9.41. The van der Waals surface area contributed by atoms with Crippen molar-refractivity contribution >= 4 is 5.95 Å². The van der Waals surface area contributed by atoms with Crippen LogP contribution in [0.4, 0.5) is 5.95 Å². The van der Waals surface area contributed by atoms with Crippen molar-refractivity contribution in [3.8, 4) is 0 Å². The fourth-order valence-electron chi connectivity index (χ4n) is 3.08. The molecule has 19 heavy (non-hydrogen) atoms. The molecule has 2 aliphatic heterocycles. The molecule has 2 aliphatic rings. The van der Waals surface area contributed by atoms with Crippen LogP contribution in [0.2, 0.25) is 0 Å². The van der Waals surface area contributed by atoms with E-state index in [0.29, 0.717) is 6.04 Å². The molecule has 2 atom stereocenters. The third-order valence-corrected chi connectivity index (χ3v) is 4.45. The Bertz CT molecular complexity index is 444. The van der Waals surface area contributed by atoms with Gasteiger partial charge in [-0.2, -0.15) is 4.98 Å². The van der Waals surface area contributed by atoms with Crippen molar-refractivity contribution in [3.63, 3.8) is 0 Å². The van der Waals surface area contributed by atoms with Gasteiger partial charge in [0.15, 0.2) is 0 Å². The van der Waals surface area contributed by atoms with E-state index in [9.17, 15) is 5.11 Å². The van der Waals surface area contributed by atoms with Crippen molar-refractivity contribution in [2.75, 3.05) is 31.1 Å². The van der Waals surface area contributed by atoms with E-state index in [1.54, 1.807) is 0 Å². The van der Waals surface area contributed by atoms with Crippen LogP contribution in [0.5, 0.6) is 0 Å². The van der Waals surface area contributed by atoms with Crippen molar-refractivity contribution in [2.45, 2.75) is 38.1 Å². The minimum absolute atomic E-state index is 0.0647. The number of rotatable bonds is 3. The predicted molar refractivity (Wildman–Crippen MR) is 73.2 cm³/mol. The van der Waals surface area contributed by atoms with E-state index in [1.165, 1.54) is 12.8 Å². The van der Waals surface area contributed by atoms with Crippen LogP contribution in [0.15, 0.2) is 0 Å². The average molecular weight is 265 g/mol. The van der Waals surface area contributed by atoms with Gasteiger partial charge in [-0.25, -0.2) is 0 Å². The minimum atomic E-state index is -0.367. The topological polar surface area (TPSA) is 77.1 Å². The van der Waals surface area contributed by atoms with Gasteiger partial charge in [-0.05, 0) is 18.8 Å². The van der Waals surface area contributed by atoms with Crippen LogP contribution in [-0.2, 0) is 5.41 Å². The van der Waals surface area contributed by atoms with E-state index in [0.717, 1.165) is 37.3 Å². The van der Waals surface area contributed by atoms with Crippen molar-refractivity contribution < 1.29 is 5.11 Å². The Balaban J connectivity index is 1.82. The third kappa shape index (κ3) is 2.23. The first-order chi connectivity index (χ1) is 9.12. The number of aliphatic hydroxyl groups is 1. The van der Waals surface area contributed by atoms with Gasteiger partial charge in [-0.1, -0.05) is 13.8 Å². The molecule has 0 aliphatic carbocycles. The summed E-state index contributed by atoms with van der Waals surface area (Å²) in [5.41, 5.74) is -0.367. The number of hydrogen-bond acceptors (Lipinski definition) is 5. The van der Waals surface area contributed by atoms with E-state index in [2.05, 4.69) is 25.4 Å². The molecule has 0 aromatic carbocycles. The number of aromatic nitrogens is 3. The average Bonchev–Trinajstić information content (AvgIpc) is 3.07. The highest BCUT2D eigenvalue weighted by atomic mass is 16.3. The molecule has 1 aromatic rings. The Morgan fingerprint density at radius 2 is 2.26 bits per heavy atom. The Labute approximate surface area is 113 Å². The van der Waals surface area contributed by atoms with Crippen molar-refractivity contribution in [3.05, 3.63) is 5.82 Å². The zero-order valence-electron chi connectivity index (χ0n) is 11.7. The number of nitrogens with zero attached hydrogens (tertiary/aromatic N) is 3. The minimum Gasteiger partial charge on any atom is -0.395 e. The van der Waals surface area contributed by atoms with Gasteiger partial charge in [-0.3, -0.25) is 5.10 Å². The van der Waals surface area contributed by atoms with E-state index < -0.39 is 0 Å². The molecule has 0 spiro atoms. The highest BCUT2D eigenvalue weighted by Gasteiger charge is 2.37. The molecule has 2 unspecified atom stereocenters. The van der Waals surface area contributed by atoms with Crippen molar-refractivity contribution in [1.82, 2.24) is 20.5 Å². The molecule has 6 heteroatoms. The molecular formula is C13H23N5O. The zero-order valence-corrected chi connectivity index (χ0v) is 11.7. The lowest BCUT2D eigenvalue weighted by Gasteiger charge is -2.36. The standard InChI is InChI=1S/C13H23N5O/c1-13(2,8-19)11-15-12(17-16-11)18-5-3-4-9-6-14-7-10(9)18/h9-10,14,19H,3-8H2,1-2H3,(H,15,16,17). The van der Waals surface area contributed by atoms with Crippen molar-refractivity contribution in [1.29, 1.82) is 0 Å². The summed E-state index contributed by atoms with van der Waals surface area (Å²) in [6.07, 6.45) is 2.50. The number of hydrogen-bond donors (Lipinski definition) is 3. The number of aromatic amines is 1. The van der Waals surface area contributed by atoms with E-state index in [1.807, 2.05) is 13.8 Å². The number of aliphatic hydroxyl groups excluding tert-OH is 1. The number of H-pyrrole nitrogens is 1. The van der Waals surface area contributed by atoms with Gasteiger partial charge in [0.05, 0.1) is 6.61 Å². The van der Waals surface area contributed by atoms with Gasteiger partial charge >= 0.3 is 0 Å². The highest BCUT2D eigenvalue weighted by molar-refractivity contribution is 5.34. The summed E-state index contributed by atoms with van der Waals surface area (Å²) in [6.45, 7) is 7.16. The second-order valence-electron chi connectivity index (χ2n) is 6.35. The van der Waals surface area contributed by atoms with Crippen LogP contribution in [-0.4, -0.2) is 52.6 Å². The third-order valence-electron chi connectivity index (χ3n) is 4.45. The Kier molecular flexibility index (Phi) is 3.22. The maximum absolute atomic E-state index is 9.41. The highest BCUT2D eigenvalue weighted by Crippen LogP contribution is 2.30. The molecule has 3 N–H and O–H groups in total. The van der Waals surface area contributed by atoms with Gasteiger partial charge in [-0.15, -0.1) is 5.10 Å². The summed E-state index contributed by atoms with van der Waals surface area (Å²) < 4.78 is 0. The normalized spacial score (nSPS) is 27.6. The Morgan fingerprint density at radius 1 is 1.42 bits per heavy atom. The summed E-state index contributed by atoms with van der Waals surface area (Å²) in [7, 11) is 0. The van der Waals surface area contributed by atoms with Gasteiger partial charge in [0.25, 0.3) is 0 Å². The van der Waals surface area contributed by atoms with Crippen LogP contribution in [0.1, 0.15) is 32.5 Å². The Morgan fingerprint density at radius 3 is 3.05 bits per heavy atom. The first-order valence-corrected chi connectivity index (χ1v) is 7.13. The summed E-state index contributed by atoms with van der Waals surface area (Å²) in [6, 6.07) is 0.523. The van der Waals surface area contributed by atoms with Crippen LogP contribution < -0.4 is 10.2 Å². The summed E-state index contributed by atoms with van der Waals surface area (Å²) in [4.78, 5) is 6.93. The van der Waals surface area contributed by atoms with Gasteiger partial charge in [0.2, 0.25) is 5.95 Å². The lowest BCUT2D eigenvalue weighted by atomic mass is 9.92. The lowest BCUT2D eigenvalue weighted by molar-refractivity contribution is 0.212. The molecule has 0 saturated carbocycles.